The van der Waals surface area contributed by atoms with Crippen molar-refractivity contribution in [2.45, 2.75) is 50.7 Å². The topological polar surface area (TPSA) is 21.3 Å². The molecule has 2 aliphatic rings. The van der Waals surface area contributed by atoms with Gasteiger partial charge in [0.25, 0.3) is 0 Å². The molecule has 0 aromatic rings. The fourth-order valence-corrected chi connectivity index (χ4v) is 2.21. The lowest BCUT2D eigenvalue weighted by Crippen LogP contribution is -2.28. The van der Waals surface area contributed by atoms with Crippen molar-refractivity contribution in [3.8, 4) is 0 Å². The molecule has 1 atom stereocenters. The van der Waals surface area contributed by atoms with E-state index in [1.807, 2.05) is 0 Å². The molecule has 0 aromatic carbocycles. The van der Waals surface area contributed by atoms with E-state index in [9.17, 15) is 0 Å². The van der Waals surface area contributed by atoms with E-state index < -0.39 is 0 Å². The molecule has 2 heteroatoms. The zero-order valence-corrected chi connectivity index (χ0v) is 7.72. The minimum absolute atomic E-state index is 0.590. The van der Waals surface area contributed by atoms with Crippen molar-refractivity contribution in [2.24, 2.45) is 0 Å². The molecule has 1 heterocycles. The Morgan fingerprint density at radius 3 is 2.58 bits per heavy atom. The summed E-state index contributed by atoms with van der Waals surface area (Å²) in [5, 5.41) is 3.46. The lowest BCUT2D eigenvalue weighted by Gasteiger charge is -2.15. The van der Waals surface area contributed by atoms with Gasteiger partial charge in [0.15, 0.2) is 0 Å². The average molecular weight is 169 g/mol. The molecule has 1 saturated carbocycles. The van der Waals surface area contributed by atoms with Crippen LogP contribution in [0.1, 0.15) is 38.5 Å². The molecule has 2 rings (SSSR count). The third-order valence-corrected chi connectivity index (χ3v) is 3.00. The van der Waals surface area contributed by atoms with Crippen LogP contribution in [0.5, 0.6) is 0 Å². The molecule has 70 valence electrons. The largest absolute Gasteiger partial charge is 0.377 e. The van der Waals surface area contributed by atoms with Crippen LogP contribution in [-0.4, -0.2) is 25.3 Å². The van der Waals surface area contributed by atoms with Crippen molar-refractivity contribution >= 4 is 0 Å². The molecule has 12 heavy (non-hydrogen) atoms. The molecule has 1 aliphatic heterocycles. The highest BCUT2D eigenvalue weighted by Gasteiger charge is 2.19. The highest BCUT2D eigenvalue weighted by atomic mass is 16.5. The molecule has 0 amide bonds. The number of nitrogens with one attached hydrogen (secondary N) is 1. The van der Waals surface area contributed by atoms with Crippen LogP contribution in [0, 0.1) is 0 Å². The van der Waals surface area contributed by atoms with E-state index >= 15 is 0 Å². The molecule has 0 unspecified atom stereocenters. The number of ether oxygens (including phenoxy) is 1. The Hall–Kier alpha value is -0.0800. The summed E-state index contributed by atoms with van der Waals surface area (Å²) in [5.41, 5.74) is 0. The Kier molecular flexibility index (Phi) is 3.01. The third-order valence-electron chi connectivity index (χ3n) is 3.00. The molecular formula is C10H19NO. The van der Waals surface area contributed by atoms with Gasteiger partial charge in [0.1, 0.15) is 0 Å². The van der Waals surface area contributed by atoms with Gasteiger partial charge < -0.3 is 10.1 Å². The fourth-order valence-electron chi connectivity index (χ4n) is 2.21. The van der Waals surface area contributed by atoms with Gasteiger partial charge in [-0.25, -0.2) is 0 Å². The van der Waals surface area contributed by atoms with Gasteiger partial charge in [-0.1, -0.05) is 12.8 Å². The molecule has 0 bridgehead atoms. The fraction of sp³-hybridized carbons (Fsp3) is 1.00. The molecule has 1 N–H and O–H groups in total. The summed E-state index contributed by atoms with van der Waals surface area (Å²) in [6.45, 7) is 2.14. The molecule has 1 aliphatic carbocycles. The first-order valence-corrected chi connectivity index (χ1v) is 5.30. The predicted octanol–water partition coefficient (Wildman–Crippen LogP) is 1.70. The molecular weight excluding hydrogens is 150 g/mol. The zero-order chi connectivity index (χ0) is 8.23. The maximum Gasteiger partial charge on any atom is 0.0623 e. The van der Waals surface area contributed by atoms with Crippen molar-refractivity contribution in [3.05, 3.63) is 0 Å². The SMILES string of the molecule is C1CCC(OC[C@@H]2CCCN2)C1. The molecule has 1 saturated heterocycles. The lowest BCUT2D eigenvalue weighted by atomic mass is 10.2. The quantitative estimate of drug-likeness (QED) is 0.694. The Bertz CT molecular complexity index is 110. The number of hydrogen-bond donors (Lipinski definition) is 1. The van der Waals surface area contributed by atoms with Crippen molar-refractivity contribution in [3.63, 3.8) is 0 Å². The minimum Gasteiger partial charge on any atom is -0.377 e. The van der Waals surface area contributed by atoms with Crippen LogP contribution in [0.3, 0.4) is 0 Å². The van der Waals surface area contributed by atoms with E-state index in [1.54, 1.807) is 0 Å². The molecule has 0 spiro atoms. The van der Waals surface area contributed by atoms with E-state index in [2.05, 4.69) is 5.32 Å². The second kappa shape index (κ2) is 4.24. The molecule has 2 nitrogen and oxygen atoms in total. The summed E-state index contributed by atoms with van der Waals surface area (Å²) in [7, 11) is 0. The first-order chi connectivity index (χ1) is 5.95. The van der Waals surface area contributed by atoms with Crippen LogP contribution < -0.4 is 5.32 Å². The van der Waals surface area contributed by atoms with Crippen LogP contribution in [0.15, 0.2) is 0 Å². The van der Waals surface area contributed by atoms with E-state index in [0.29, 0.717) is 12.1 Å². The summed E-state index contributed by atoms with van der Waals surface area (Å²) in [4.78, 5) is 0. The van der Waals surface area contributed by atoms with Crippen molar-refractivity contribution in [1.29, 1.82) is 0 Å². The second-order valence-electron chi connectivity index (χ2n) is 4.03. The normalized spacial score (nSPS) is 31.5. The van der Waals surface area contributed by atoms with E-state index in [0.717, 1.165) is 6.61 Å². The number of hydrogen-bond acceptors (Lipinski definition) is 2. The van der Waals surface area contributed by atoms with Gasteiger partial charge in [0.05, 0.1) is 12.7 Å². The first kappa shape index (κ1) is 8.52. The molecule has 0 aromatic heterocycles. The van der Waals surface area contributed by atoms with Crippen LogP contribution in [0.2, 0.25) is 0 Å². The Morgan fingerprint density at radius 1 is 1.08 bits per heavy atom. The van der Waals surface area contributed by atoms with E-state index in [4.69, 9.17) is 4.74 Å². The maximum atomic E-state index is 5.82. The highest BCUT2D eigenvalue weighted by Crippen LogP contribution is 2.21. The predicted molar refractivity (Wildman–Crippen MR) is 49.2 cm³/mol. The summed E-state index contributed by atoms with van der Waals surface area (Å²) in [6.07, 6.45) is 8.59. The Morgan fingerprint density at radius 2 is 1.92 bits per heavy atom. The summed E-state index contributed by atoms with van der Waals surface area (Å²) in [6, 6.07) is 0.658. The van der Waals surface area contributed by atoms with Crippen molar-refractivity contribution < 1.29 is 4.74 Å². The monoisotopic (exact) mass is 169 g/mol. The smallest absolute Gasteiger partial charge is 0.0623 e. The average Bonchev–Trinajstić information content (AvgIpc) is 2.74. The third kappa shape index (κ3) is 2.20. The second-order valence-corrected chi connectivity index (χ2v) is 4.03. The van der Waals surface area contributed by atoms with Gasteiger partial charge in [0.2, 0.25) is 0 Å². The number of rotatable bonds is 3. The van der Waals surface area contributed by atoms with Gasteiger partial charge in [-0.05, 0) is 32.2 Å². The van der Waals surface area contributed by atoms with Gasteiger partial charge >= 0.3 is 0 Å². The molecule has 0 radical (unpaired) electrons. The Labute approximate surface area is 74.7 Å². The van der Waals surface area contributed by atoms with Crippen LogP contribution >= 0.6 is 0 Å². The Balaban J connectivity index is 1.60. The highest BCUT2D eigenvalue weighted by molar-refractivity contribution is 4.75. The van der Waals surface area contributed by atoms with Gasteiger partial charge in [-0.15, -0.1) is 0 Å². The lowest BCUT2D eigenvalue weighted by molar-refractivity contribution is 0.0460. The zero-order valence-electron chi connectivity index (χ0n) is 7.72. The van der Waals surface area contributed by atoms with E-state index in [1.165, 1.54) is 45.1 Å². The molecule has 2 fully saturated rings. The van der Waals surface area contributed by atoms with Gasteiger partial charge in [-0.3, -0.25) is 0 Å². The minimum atomic E-state index is 0.590. The summed E-state index contributed by atoms with van der Waals surface area (Å²) < 4.78 is 5.82. The van der Waals surface area contributed by atoms with Crippen molar-refractivity contribution in [2.75, 3.05) is 13.2 Å². The van der Waals surface area contributed by atoms with E-state index in [-0.39, 0.29) is 0 Å². The van der Waals surface area contributed by atoms with Crippen LogP contribution in [-0.2, 0) is 4.74 Å². The van der Waals surface area contributed by atoms with Crippen LogP contribution in [0.4, 0.5) is 0 Å². The maximum absolute atomic E-state index is 5.82. The van der Waals surface area contributed by atoms with Crippen LogP contribution in [0.25, 0.3) is 0 Å². The van der Waals surface area contributed by atoms with Crippen molar-refractivity contribution in [1.82, 2.24) is 5.32 Å². The summed E-state index contributed by atoms with van der Waals surface area (Å²) in [5.74, 6) is 0. The summed E-state index contributed by atoms with van der Waals surface area (Å²) >= 11 is 0. The van der Waals surface area contributed by atoms with Gasteiger partial charge in [0, 0.05) is 6.04 Å². The first-order valence-electron chi connectivity index (χ1n) is 5.30. The standard InChI is InChI=1S/C10H19NO/c1-2-6-10(5-1)12-8-9-4-3-7-11-9/h9-11H,1-8H2/t9-/m0/s1. The van der Waals surface area contributed by atoms with Gasteiger partial charge in [-0.2, -0.15) is 0 Å².